The molecule has 0 saturated heterocycles. The largest absolute Gasteiger partial charge is 0.487 e. The number of methoxy groups -OCH3 is 1. The normalized spacial score (nSPS) is 19.2. The van der Waals surface area contributed by atoms with Crippen LogP contribution >= 0.6 is 0 Å². The zero-order valence-corrected chi connectivity index (χ0v) is 15.4. The highest BCUT2D eigenvalue weighted by Gasteiger charge is 2.36. The van der Waals surface area contributed by atoms with Gasteiger partial charge in [-0.15, -0.1) is 0 Å². The summed E-state index contributed by atoms with van der Waals surface area (Å²) in [6.45, 7) is 5.78. The van der Waals surface area contributed by atoms with Gasteiger partial charge in [-0.05, 0) is 38.5 Å². The van der Waals surface area contributed by atoms with Gasteiger partial charge in [-0.2, -0.15) is 0 Å². The van der Waals surface area contributed by atoms with Crippen molar-refractivity contribution in [1.29, 1.82) is 0 Å². The quantitative estimate of drug-likeness (QED) is 0.794. The van der Waals surface area contributed by atoms with Gasteiger partial charge in [0.05, 0.1) is 24.5 Å². The Morgan fingerprint density at radius 3 is 2.75 bits per heavy atom. The predicted molar refractivity (Wildman–Crippen MR) is 91.7 cm³/mol. The van der Waals surface area contributed by atoms with E-state index in [4.69, 9.17) is 9.47 Å². The Morgan fingerprint density at radius 1 is 1.42 bits per heavy atom. The molecule has 7 heteroatoms. The standard InChI is InChI=1S/C17H25NO5S/c1-5-6-9-24(20,21)18-14-11-17(2,3)23-15-8-7-12(10-13(14)15)16(19)22-4/h7-8,10,14,18H,5-6,9,11H2,1-4H3. The van der Waals surface area contributed by atoms with Crippen molar-refractivity contribution in [3.63, 3.8) is 0 Å². The number of benzene rings is 1. The number of unbranched alkanes of at least 4 members (excludes halogenated alkanes) is 1. The Hall–Kier alpha value is -1.60. The van der Waals surface area contributed by atoms with Crippen LogP contribution in [0.3, 0.4) is 0 Å². The third-order valence-corrected chi connectivity index (χ3v) is 5.45. The molecule has 0 fully saturated rings. The number of nitrogens with one attached hydrogen (secondary N) is 1. The number of rotatable bonds is 6. The average molecular weight is 355 g/mol. The molecule has 2 rings (SSSR count). The molecule has 0 bridgehead atoms. The van der Waals surface area contributed by atoms with Crippen LogP contribution in [0.1, 0.15) is 62.0 Å². The molecule has 1 atom stereocenters. The van der Waals surface area contributed by atoms with E-state index in [9.17, 15) is 13.2 Å². The molecule has 1 heterocycles. The molecule has 1 N–H and O–H groups in total. The van der Waals surface area contributed by atoms with Crippen molar-refractivity contribution in [3.05, 3.63) is 29.3 Å². The highest BCUT2D eigenvalue weighted by atomic mass is 32.2. The summed E-state index contributed by atoms with van der Waals surface area (Å²) in [7, 11) is -2.08. The minimum atomic E-state index is -3.40. The third-order valence-electron chi connectivity index (χ3n) is 3.98. The van der Waals surface area contributed by atoms with E-state index in [-0.39, 0.29) is 5.75 Å². The second kappa shape index (κ2) is 7.11. The minimum Gasteiger partial charge on any atom is -0.487 e. The lowest BCUT2D eigenvalue weighted by molar-refractivity contribution is 0.0597. The second-order valence-electron chi connectivity index (χ2n) is 6.65. The van der Waals surface area contributed by atoms with E-state index in [2.05, 4.69) is 4.72 Å². The lowest BCUT2D eigenvalue weighted by Crippen LogP contribution is -2.42. The van der Waals surface area contributed by atoms with Gasteiger partial charge in [-0.1, -0.05) is 13.3 Å². The molecule has 1 aliphatic heterocycles. The Labute approximate surface area is 143 Å². The number of fused-ring (bicyclic) bond motifs is 1. The molecule has 134 valence electrons. The SMILES string of the molecule is CCCCS(=O)(=O)NC1CC(C)(C)Oc2ccc(C(=O)OC)cc21. The van der Waals surface area contributed by atoms with Crippen LogP contribution in [-0.2, 0) is 14.8 Å². The number of esters is 1. The summed E-state index contributed by atoms with van der Waals surface area (Å²) < 4.78 is 38.1. The first-order valence-corrected chi connectivity index (χ1v) is 9.74. The van der Waals surface area contributed by atoms with Gasteiger partial charge in [0, 0.05) is 12.0 Å². The van der Waals surface area contributed by atoms with E-state index >= 15 is 0 Å². The predicted octanol–water partition coefficient (Wildman–Crippen LogP) is 2.79. The molecule has 1 aromatic carbocycles. The molecule has 0 aliphatic carbocycles. The minimum absolute atomic E-state index is 0.0906. The van der Waals surface area contributed by atoms with Gasteiger partial charge in [0.2, 0.25) is 10.0 Å². The Bertz CT molecular complexity index is 712. The van der Waals surface area contributed by atoms with Gasteiger partial charge in [0.25, 0.3) is 0 Å². The Morgan fingerprint density at radius 2 is 2.12 bits per heavy atom. The molecule has 6 nitrogen and oxygen atoms in total. The first-order chi connectivity index (χ1) is 11.2. The first-order valence-electron chi connectivity index (χ1n) is 8.09. The van der Waals surface area contributed by atoms with Gasteiger partial charge >= 0.3 is 5.97 Å². The monoisotopic (exact) mass is 355 g/mol. The molecule has 0 radical (unpaired) electrons. The summed E-state index contributed by atoms with van der Waals surface area (Å²) in [6.07, 6.45) is 1.90. The molecular weight excluding hydrogens is 330 g/mol. The fourth-order valence-corrected chi connectivity index (χ4v) is 4.24. The van der Waals surface area contributed by atoms with Crippen molar-refractivity contribution < 1.29 is 22.7 Å². The fourth-order valence-electron chi connectivity index (χ4n) is 2.81. The van der Waals surface area contributed by atoms with Gasteiger partial charge in [0.1, 0.15) is 11.4 Å². The van der Waals surface area contributed by atoms with Crippen molar-refractivity contribution >= 4 is 16.0 Å². The van der Waals surface area contributed by atoms with Crippen molar-refractivity contribution in [3.8, 4) is 5.75 Å². The summed E-state index contributed by atoms with van der Waals surface area (Å²) in [5.74, 6) is 0.213. The summed E-state index contributed by atoms with van der Waals surface area (Å²) in [5, 5.41) is 0. The zero-order valence-electron chi connectivity index (χ0n) is 14.6. The van der Waals surface area contributed by atoms with E-state index < -0.39 is 27.6 Å². The van der Waals surface area contributed by atoms with E-state index in [0.29, 0.717) is 29.7 Å². The zero-order chi connectivity index (χ0) is 18.0. The topological polar surface area (TPSA) is 81.7 Å². The maximum atomic E-state index is 12.3. The molecule has 0 aromatic heterocycles. The molecular formula is C17H25NO5S. The lowest BCUT2D eigenvalue weighted by Gasteiger charge is -2.38. The highest BCUT2D eigenvalue weighted by Crippen LogP contribution is 2.40. The van der Waals surface area contributed by atoms with Gasteiger partial charge < -0.3 is 9.47 Å². The molecule has 24 heavy (non-hydrogen) atoms. The first kappa shape index (κ1) is 18.7. The van der Waals surface area contributed by atoms with Crippen LogP contribution in [0.15, 0.2) is 18.2 Å². The number of sulfonamides is 1. The second-order valence-corrected chi connectivity index (χ2v) is 8.53. The molecule has 0 spiro atoms. The molecule has 1 unspecified atom stereocenters. The van der Waals surface area contributed by atoms with Crippen LogP contribution < -0.4 is 9.46 Å². The maximum Gasteiger partial charge on any atom is 0.337 e. The van der Waals surface area contributed by atoms with Crippen LogP contribution in [-0.4, -0.2) is 32.9 Å². The van der Waals surface area contributed by atoms with Crippen LogP contribution in [0.25, 0.3) is 0 Å². The van der Waals surface area contributed by atoms with Crippen molar-refractivity contribution in [2.45, 2.75) is 51.7 Å². The van der Waals surface area contributed by atoms with E-state index in [1.807, 2.05) is 20.8 Å². The third kappa shape index (κ3) is 4.48. The Kier molecular flexibility index (Phi) is 5.55. The highest BCUT2D eigenvalue weighted by molar-refractivity contribution is 7.89. The Balaban J connectivity index is 2.36. The fraction of sp³-hybridized carbons (Fsp3) is 0.588. The molecule has 1 aromatic rings. The lowest BCUT2D eigenvalue weighted by atomic mass is 9.89. The number of carbonyl (C=O) groups excluding carboxylic acids is 1. The smallest absolute Gasteiger partial charge is 0.337 e. The number of carbonyl (C=O) groups is 1. The van der Waals surface area contributed by atoms with Crippen LogP contribution in [0.2, 0.25) is 0 Å². The van der Waals surface area contributed by atoms with E-state index in [0.717, 1.165) is 6.42 Å². The van der Waals surface area contributed by atoms with E-state index in [1.165, 1.54) is 7.11 Å². The number of ether oxygens (including phenoxy) is 2. The van der Waals surface area contributed by atoms with Crippen molar-refractivity contribution in [1.82, 2.24) is 4.72 Å². The van der Waals surface area contributed by atoms with Gasteiger partial charge in [-0.25, -0.2) is 17.9 Å². The van der Waals surface area contributed by atoms with Crippen molar-refractivity contribution in [2.24, 2.45) is 0 Å². The summed E-state index contributed by atoms with van der Waals surface area (Å²) in [5.41, 5.74) is 0.534. The summed E-state index contributed by atoms with van der Waals surface area (Å²) in [4.78, 5) is 11.8. The van der Waals surface area contributed by atoms with Crippen LogP contribution in [0.5, 0.6) is 5.75 Å². The number of hydrogen-bond acceptors (Lipinski definition) is 5. The average Bonchev–Trinajstić information content (AvgIpc) is 2.50. The van der Waals surface area contributed by atoms with Crippen molar-refractivity contribution in [2.75, 3.05) is 12.9 Å². The summed E-state index contributed by atoms with van der Waals surface area (Å²) >= 11 is 0. The van der Waals surface area contributed by atoms with E-state index in [1.54, 1.807) is 18.2 Å². The molecule has 1 aliphatic rings. The summed E-state index contributed by atoms with van der Waals surface area (Å²) in [6, 6.07) is 4.52. The molecule has 0 saturated carbocycles. The number of hydrogen-bond donors (Lipinski definition) is 1. The maximum absolute atomic E-state index is 12.3. The molecule has 0 amide bonds. The van der Waals surface area contributed by atoms with Crippen LogP contribution in [0.4, 0.5) is 0 Å². The van der Waals surface area contributed by atoms with Gasteiger partial charge in [-0.3, -0.25) is 0 Å². The van der Waals surface area contributed by atoms with Gasteiger partial charge in [0.15, 0.2) is 0 Å². The van der Waals surface area contributed by atoms with Crippen LogP contribution in [0, 0.1) is 0 Å².